The molecule has 0 amide bonds. The normalized spacial score (nSPS) is 10.9. The van der Waals surface area contributed by atoms with E-state index >= 15 is 0 Å². The highest BCUT2D eigenvalue weighted by Crippen LogP contribution is 2.15. The number of aromatic nitrogens is 3. The van der Waals surface area contributed by atoms with Crippen LogP contribution >= 0.6 is 0 Å². The van der Waals surface area contributed by atoms with E-state index in [2.05, 4.69) is 53.4 Å². The minimum Gasteiger partial charge on any atom is -0.313 e. The predicted molar refractivity (Wildman–Crippen MR) is 77.1 cm³/mol. The van der Waals surface area contributed by atoms with Gasteiger partial charge in [-0.25, -0.2) is 4.98 Å². The zero-order valence-corrected chi connectivity index (χ0v) is 12.0. The molecule has 0 unspecified atom stereocenters. The summed E-state index contributed by atoms with van der Waals surface area (Å²) in [5.41, 5.74) is 5.49. The fourth-order valence-corrected chi connectivity index (χ4v) is 2.17. The number of rotatable bonds is 6. The zero-order chi connectivity index (χ0) is 13.7. The van der Waals surface area contributed by atoms with Crippen molar-refractivity contribution in [2.24, 2.45) is 0 Å². The molecule has 0 aliphatic rings. The number of nitrogens with one attached hydrogen (secondary N) is 2. The average molecular weight is 258 g/mol. The van der Waals surface area contributed by atoms with Gasteiger partial charge in [-0.2, -0.15) is 5.10 Å². The van der Waals surface area contributed by atoms with E-state index in [1.807, 2.05) is 0 Å². The van der Waals surface area contributed by atoms with E-state index in [1.165, 1.54) is 22.3 Å². The first kappa shape index (κ1) is 13.7. The van der Waals surface area contributed by atoms with Crippen molar-refractivity contribution in [3.05, 3.63) is 46.5 Å². The summed E-state index contributed by atoms with van der Waals surface area (Å²) in [5.74, 6) is 0.962. The Labute approximate surface area is 114 Å². The molecule has 2 rings (SSSR count). The van der Waals surface area contributed by atoms with Crippen LogP contribution in [-0.4, -0.2) is 21.7 Å². The summed E-state index contributed by atoms with van der Waals surface area (Å²) < 4.78 is 0. The summed E-state index contributed by atoms with van der Waals surface area (Å²) in [6, 6.07) is 4.55. The molecule has 0 radical (unpaired) electrons. The second-order valence-corrected chi connectivity index (χ2v) is 5.08. The second kappa shape index (κ2) is 6.48. The smallest absolute Gasteiger partial charge is 0.137 e. The van der Waals surface area contributed by atoms with Crippen molar-refractivity contribution in [2.75, 3.05) is 6.54 Å². The molecule has 0 bridgehead atoms. The average Bonchev–Trinajstić information content (AvgIpc) is 2.88. The number of hydrogen-bond donors (Lipinski definition) is 2. The van der Waals surface area contributed by atoms with Crippen molar-refractivity contribution in [1.29, 1.82) is 0 Å². The lowest BCUT2D eigenvalue weighted by Gasteiger charge is -2.10. The fourth-order valence-electron chi connectivity index (χ4n) is 2.17. The minimum absolute atomic E-state index is 0.934. The van der Waals surface area contributed by atoms with E-state index in [0.717, 1.165) is 31.8 Å². The Hall–Kier alpha value is -1.68. The largest absolute Gasteiger partial charge is 0.313 e. The van der Waals surface area contributed by atoms with Crippen LogP contribution < -0.4 is 5.32 Å². The highest BCUT2D eigenvalue weighted by molar-refractivity contribution is 5.36. The number of H-pyrrole nitrogens is 1. The standard InChI is InChI=1S/C15H22N4/c1-11-7-13(3)14(8-12(11)2)9-16-6-4-5-15-17-10-18-19-15/h7-8,10,16H,4-6,9H2,1-3H3,(H,17,18,19). The molecule has 1 aromatic heterocycles. The lowest BCUT2D eigenvalue weighted by molar-refractivity contribution is 0.638. The van der Waals surface area contributed by atoms with E-state index in [0.29, 0.717) is 0 Å². The van der Waals surface area contributed by atoms with Crippen molar-refractivity contribution in [2.45, 2.75) is 40.2 Å². The van der Waals surface area contributed by atoms with Crippen LogP contribution in [0.4, 0.5) is 0 Å². The molecule has 0 spiro atoms. The number of aromatic amines is 1. The SMILES string of the molecule is Cc1cc(C)c(CNCCCc2ncn[nH]2)cc1C. The Morgan fingerprint density at radius 2 is 1.89 bits per heavy atom. The van der Waals surface area contributed by atoms with Crippen molar-refractivity contribution >= 4 is 0 Å². The Morgan fingerprint density at radius 3 is 2.63 bits per heavy atom. The van der Waals surface area contributed by atoms with E-state index in [-0.39, 0.29) is 0 Å². The van der Waals surface area contributed by atoms with Crippen LogP contribution in [0.15, 0.2) is 18.5 Å². The molecule has 0 aliphatic carbocycles. The highest BCUT2D eigenvalue weighted by Gasteiger charge is 2.01. The first-order valence-corrected chi connectivity index (χ1v) is 6.78. The van der Waals surface area contributed by atoms with Gasteiger partial charge in [-0.3, -0.25) is 5.10 Å². The van der Waals surface area contributed by atoms with Crippen LogP contribution in [-0.2, 0) is 13.0 Å². The van der Waals surface area contributed by atoms with Crippen molar-refractivity contribution in [3.63, 3.8) is 0 Å². The van der Waals surface area contributed by atoms with Gasteiger partial charge in [0.05, 0.1) is 0 Å². The van der Waals surface area contributed by atoms with Crippen molar-refractivity contribution in [1.82, 2.24) is 20.5 Å². The van der Waals surface area contributed by atoms with Gasteiger partial charge < -0.3 is 5.32 Å². The molecule has 19 heavy (non-hydrogen) atoms. The molecule has 102 valence electrons. The molecule has 1 aromatic carbocycles. The summed E-state index contributed by atoms with van der Waals surface area (Å²) in [6.07, 6.45) is 3.57. The molecule has 0 saturated heterocycles. The second-order valence-electron chi connectivity index (χ2n) is 5.08. The lowest BCUT2D eigenvalue weighted by Crippen LogP contribution is -2.16. The van der Waals surface area contributed by atoms with Gasteiger partial charge in [0.1, 0.15) is 12.2 Å². The topological polar surface area (TPSA) is 53.6 Å². The molecule has 2 aromatic rings. The summed E-state index contributed by atoms with van der Waals surface area (Å²) in [4.78, 5) is 4.11. The summed E-state index contributed by atoms with van der Waals surface area (Å²) >= 11 is 0. The van der Waals surface area contributed by atoms with Crippen LogP contribution in [0.5, 0.6) is 0 Å². The van der Waals surface area contributed by atoms with Gasteiger partial charge in [-0.1, -0.05) is 12.1 Å². The number of benzene rings is 1. The third-order valence-electron chi connectivity index (χ3n) is 3.50. The quantitative estimate of drug-likeness (QED) is 0.783. The van der Waals surface area contributed by atoms with Crippen LogP contribution in [0.25, 0.3) is 0 Å². The number of aryl methyl sites for hydroxylation is 4. The zero-order valence-electron chi connectivity index (χ0n) is 12.0. The molecule has 0 atom stereocenters. The Kier molecular flexibility index (Phi) is 4.68. The van der Waals surface area contributed by atoms with Gasteiger partial charge in [0.25, 0.3) is 0 Å². The van der Waals surface area contributed by atoms with Gasteiger partial charge in [0.2, 0.25) is 0 Å². The maximum Gasteiger partial charge on any atom is 0.137 e. The van der Waals surface area contributed by atoms with Crippen molar-refractivity contribution in [3.8, 4) is 0 Å². The van der Waals surface area contributed by atoms with Crippen molar-refractivity contribution < 1.29 is 0 Å². The van der Waals surface area contributed by atoms with E-state index < -0.39 is 0 Å². The molecule has 2 N–H and O–H groups in total. The van der Waals surface area contributed by atoms with Gasteiger partial charge in [0.15, 0.2) is 0 Å². The van der Waals surface area contributed by atoms with Crippen LogP contribution in [0, 0.1) is 20.8 Å². The summed E-state index contributed by atoms with van der Waals surface area (Å²) in [5, 5.41) is 10.2. The highest BCUT2D eigenvalue weighted by atomic mass is 15.2. The molecule has 4 nitrogen and oxygen atoms in total. The monoisotopic (exact) mass is 258 g/mol. The molecule has 0 fully saturated rings. The Bertz CT molecular complexity index is 517. The Morgan fingerprint density at radius 1 is 1.11 bits per heavy atom. The van der Waals surface area contributed by atoms with Crippen LogP contribution in [0.1, 0.15) is 34.5 Å². The third-order valence-corrected chi connectivity index (χ3v) is 3.50. The van der Waals surface area contributed by atoms with Gasteiger partial charge in [-0.15, -0.1) is 0 Å². The molecular formula is C15H22N4. The number of hydrogen-bond acceptors (Lipinski definition) is 3. The van der Waals surface area contributed by atoms with Gasteiger partial charge in [-0.05, 0) is 56.0 Å². The molecule has 0 aliphatic heterocycles. The predicted octanol–water partition coefficient (Wildman–Crippen LogP) is 2.45. The third kappa shape index (κ3) is 3.89. The van der Waals surface area contributed by atoms with E-state index in [9.17, 15) is 0 Å². The maximum absolute atomic E-state index is 4.11. The van der Waals surface area contributed by atoms with E-state index in [1.54, 1.807) is 6.33 Å². The molecular weight excluding hydrogens is 236 g/mol. The fraction of sp³-hybridized carbons (Fsp3) is 0.467. The number of nitrogens with zero attached hydrogens (tertiary/aromatic N) is 2. The molecule has 1 heterocycles. The molecule has 4 heteroatoms. The van der Waals surface area contributed by atoms with Crippen LogP contribution in [0.2, 0.25) is 0 Å². The minimum atomic E-state index is 0.934. The van der Waals surface area contributed by atoms with Crippen LogP contribution in [0.3, 0.4) is 0 Å². The van der Waals surface area contributed by atoms with Gasteiger partial charge >= 0.3 is 0 Å². The summed E-state index contributed by atoms with van der Waals surface area (Å²) in [7, 11) is 0. The maximum atomic E-state index is 4.11. The first-order chi connectivity index (χ1) is 9.16. The Balaban J connectivity index is 1.75. The first-order valence-electron chi connectivity index (χ1n) is 6.78. The summed E-state index contributed by atoms with van der Waals surface area (Å²) in [6.45, 7) is 8.44. The molecule has 0 saturated carbocycles. The van der Waals surface area contributed by atoms with E-state index in [4.69, 9.17) is 0 Å². The lowest BCUT2D eigenvalue weighted by atomic mass is 10.0. The van der Waals surface area contributed by atoms with Gasteiger partial charge in [0, 0.05) is 13.0 Å².